The number of carbonyl (C=O) groups is 1. The minimum atomic E-state index is 0.0945. The first-order valence-electron chi connectivity index (χ1n) is 7.25. The fourth-order valence-corrected chi connectivity index (χ4v) is 2.27. The zero-order chi connectivity index (χ0) is 14.2. The van der Waals surface area contributed by atoms with Crippen molar-refractivity contribution in [1.82, 2.24) is 21.5 Å². The van der Waals surface area contributed by atoms with Crippen LogP contribution in [0.25, 0.3) is 0 Å². The van der Waals surface area contributed by atoms with Crippen molar-refractivity contribution in [3.8, 4) is 0 Å². The maximum Gasteiger partial charge on any atom is 0.221 e. The molecule has 0 aromatic heterocycles. The van der Waals surface area contributed by atoms with Crippen molar-refractivity contribution in [3.63, 3.8) is 0 Å². The van der Waals surface area contributed by atoms with Crippen LogP contribution in [0.2, 0.25) is 0 Å². The molecule has 5 nitrogen and oxygen atoms in total. The van der Waals surface area contributed by atoms with Crippen LogP contribution in [0.4, 0.5) is 0 Å². The van der Waals surface area contributed by atoms with Crippen molar-refractivity contribution in [2.45, 2.75) is 25.9 Å². The van der Waals surface area contributed by atoms with Crippen LogP contribution in [0.15, 0.2) is 30.3 Å². The Bertz CT molecular complexity index is 410. The van der Waals surface area contributed by atoms with Gasteiger partial charge in [0.2, 0.25) is 5.91 Å². The molecule has 2 rings (SSSR count). The number of amides is 1. The van der Waals surface area contributed by atoms with E-state index in [-0.39, 0.29) is 5.91 Å². The molecule has 1 fully saturated rings. The summed E-state index contributed by atoms with van der Waals surface area (Å²) in [5.41, 5.74) is 7.46. The van der Waals surface area contributed by atoms with Gasteiger partial charge in [-0.2, -0.15) is 0 Å². The molecule has 2 unspecified atom stereocenters. The van der Waals surface area contributed by atoms with E-state index in [0.717, 1.165) is 25.2 Å². The Balaban J connectivity index is 1.54. The first-order chi connectivity index (χ1) is 9.75. The molecule has 110 valence electrons. The third-order valence-electron chi connectivity index (χ3n) is 3.67. The van der Waals surface area contributed by atoms with Gasteiger partial charge in [-0.1, -0.05) is 30.3 Å². The van der Waals surface area contributed by atoms with E-state index >= 15 is 0 Å². The summed E-state index contributed by atoms with van der Waals surface area (Å²) in [5.74, 6) is 0.680. The lowest BCUT2D eigenvalue weighted by atomic mass is 10.0. The van der Waals surface area contributed by atoms with E-state index in [1.165, 1.54) is 0 Å². The summed E-state index contributed by atoms with van der Waals surface area (Å²) in [6.07, 6.45) is 0.523. The molecule has 1 aliphatic rings. The third-order valence-corrected chi connectivity index (χ3v) is 3.67. The van der Waals surface area contributed by atoms with Crippen molar-refractivity contribution in [1.29, 1.82) is 0 Å². The number of benzene rings is 1. The van der Waals surface area contributed by atoms with Gasteiger partial charge < -0.3 is 10.6 Å². The molecule has 5 heteroatoms. The van der Waals surface area contributed by atoms with Crippen molar-refractivity contribution >= 4 is 5.91 Å². The predicted molar refractivity (Wildman–Crippen MR) is 79.9 cm³/mol. The minimum Gasteiger partial charge on any atom is -0.352 e. The van der Waals surface area contributed by atoms with Gasteiger partial charge in [0.1, 0.15) is 0 Å². The van der Waals surface area contributed by atoms with Crippen molar-refractivity contribution < 1.29 is 4.79 Å². The molecule has 1 aromatic rings. The second-order valence-corrected chi connectivity index (χ2v) is 5.29. The monoisotopic (exact) mass is 276 g/mol. The molecule has 2 atom stereocenters. The summed E-state index contributed by atoms with van der Waals surface area (Å²) in [6, 6.07) is 10.4. The fourth-order valence-electron chi connectivity index (χ4n) is 2.27. The molecule has 1 aliphatic heterocycles. The summed E-state index contributed by atoms with van der Waals surface area (Å²) in [4.78, 5) is 11.7. The molecular weight excluding hydrogens is 252 g/mol. The highest BCUT2D eigenvalue weighted by atomic mass is 16.1. The van der Waals surface area contributed by atoms with Gasteiger partial charge in [0.05, 0.1) is 0 Å². The van der Waals surface area contributed by atoms with E-state index in [9.17, 15) is 4.79 Å². The van der Waals surface area contributed by atoms with Gasteiger partial charge in [-0.3, -0.25) is 15.6 Å². The fraction of sp³-hybridized carbons (Fsp3) is 0.533. The van der Waals surface area contributed by atoms with Crippen LogP contribution < -0.4 is 21.5 Å². The lowest BCUT2D eigenvalue weighted by Crippen LogP contribution is -2.34. The second-order valence-electron chi connectivity index (χ2n) is 5.29. The van der Waals surface area contributed by atoms with Crippen LogP contribution >= 0.6 is 0 Å². The van der Waals surface area contributed by atoms with E-state index in [1.54, 1.807) is 0 Å². The molecule has 0 spiro atoms. The summed E-state index contributed by atoms with van der Waals surface area (Å²) in [6.45, 7) is 5.41. The van der Waals surface area contributed by atoms with Gasteiger partial charge in [-0.15, -0.1) is 0 Å². The Morgan fingerprint density at radius 2 is 2.15 bits per heavy atom. The van der Waals surface area contributed by atoms with Crippen LogP contribution in [0, 0.1) is 5.92 Å². The number of nitrogens with one attached hydrogen (secondary N) is 4. The number of hydrogen-bond donors (Lipinski definition) is 4. The standard InChI is InChI=1S/C15H24N4O/c1-12-14(11-18-19-12)10-16-8-7-15(20)17-9-13-5-3-2-4-6-13/h2-6,12,14,16,18-19H,7-11H2,1H3,(H,17,20). The Morgan fingerprint density at radius 1 is 1.35 bits per heavy atom. The van der Waals surface area contributed by atoms with Crippen LogP contribution in [-0.2, 0) is 11.3 Å². The summed E-state index contributed by atoms with van der Waals surface area (Å²) in [5, 5.41) is 6.28. The van der Waals surface area contributed by atoms with E-state index in [0.29, 0.717) is 24.9 Å². The third kappa shape index (κ3) is 4.92. The van der Waals surface area contributed by atoms with Crippen LogP contribution in [-0.4, -0.2) is 31.6 Å². The van der Waals surface area contributed by atoms with E-state index in [1.807, 2.05) is 30.3 Å². The van der Waals surface area contributed by atoms with Gasteiger partial charge in [0.15, 0.2) is 0 Å². The minimum absolute atomic E-state index is 0.0945. The molecule has 4 N–H and O–H groups in total. The molecule has 1 amide bonds. The maximum atomic E-state index is 11.7. The molecule has 0 saturated carbocycles. The molecule has 1 heterocycles. The molecule has 0 aliphatic carbocycles. The number of rotatable bonds is 7. The van der Waals surface area contributed by atoms with Gasteiger partial charge >= 0.3 is 0 Å². The molecule has 20 heavy (non-hydrogen) atoms. The molecular formula is C15H24N4O. The van der Waals surface area contributed by atoms with Crippen molar-refractivity contribution in [2.75, 3.05) is 19.6 Å². The van der Waals surface area contributed by atoms with Crippen LogP contribution in [0.5, 0.6) is 0 Å². The van der Waals surface area contributed by atoms with Gasteiger partial charge in [0, 0.05) is 44.6 Å². The van der Waals surface area contributed by atoms with Gasteiger partial charge in [-0.25, -0.2) is 0 Å². The number of hydrazine groups is 1. The van der Waals surface area contributed by atoms with Crippen LogP contribution in [0.3, 0.4) is 0 Å². The summed E-state index contributed by atoms with van der Waals surface area (Å²) < 4.78 is 0. The second kappa shape index (κ2) is 7.99. The smallest absolute Gasteiger partial charge is 0.221 e. The Kier molecular flexibility index (Phi) is 5.98. The Hall–Kier alpha value is -1.43. The molecule has 0 bridgehead atoms. The number of carbonyl (C=O) groups excluding carboxylic acids is 1. The Labute approximate surface area is 120 Å². The molecule has 1 saturated heterocycles. The van der Waals surface area contributed by atoms with Gasteiger partial charge in [0.25, 0.3) is 0 Å². The number of hydrogen-bond acceptors (Lipinski definition) is 4. The highest BCUT2D eigenvalue weighted by Crippen LogP contribution is 2.04. The zero-order valence-electron chi connectivity index (χ0n) is 12.0. The Morgan fingerprint density at radius 3 is 2.85 bits per heavy atom. The van der Waals surface area contributed by atoms with E-state index in [2.05, 4.69) is 28.4 Å². The summed E-state index contributed by atoms with van der Waals surface area (Å²) >= 11 is 0. The average Bonchev–Trinajstić information content (AvgIpc) is 2.88. The maximum absolute atomic E-state index is 11.7. The first-order valence-corrected chi connectivity index (χ1v) is 7.25. The van der Waals surface area contributed by atoms with Crippen molar-refractivity contribution in [3.05, 3.63) is 35.9 Å². The van der Waals surface area contributed by atoms with Gasteiger partial charge in [-0.05, 0) is 12.5 Å². The topological polar surface area (TPSA) is 65.2 Å². The highest BCUT2D eigenvalue weighted by Gasteiger charge is 2.21. The largest absolute Gasteiger partial charge is 0.352 e. The quantitative estimate of drug-likeness (QED) is 0.544. The van der Waals surface area contributed by atoms with E-state index < -0.39 is 0 Å². The SMILES string of the molecule is CC1NNCC1CNCCC(=O)NCc1ccccc1. The average molecular weight is 276 g/mol. The lowest BCUT2D eigenvalue weighted by Gasteiger charge is -2.14. The van der Waals surface area contributed by atoms with E-state index in [4.69, 9.17) is 0 Å². The van der Waals surface area contributed by atoms with Crippen LogP contribution in [0.1, 0.15) is 18.9 Å². The first kappa shape index (κ1) is 15.0. The molecule has 1 aromatic carbocycles. The predicted octanol–water partition coefficient (Wildman–Crippen LogP) is 0.395. The normalized spacial score (nSPS) is 21.9. The lowest BCUT2D eigenvalue weighted by molar-refractivity contribution is -0.121. The zero-order valence-corrected chi connectivity index (χ0v) is 12.0. The summed E-state index contributed by atoms with van der Waals surface area (Å²) in [7, 11) is 0. The molecule has 0 radical (unpaired) electrons. The highest BCUT2D eigenvalue weighted by molar-refractivity contribution is 5.76. The van der Waals surface area contributed by atoms with Crippen molar-refractivity contribution in [2.24, 2.45) is 5.92 Å².